The Morgan fingerprint density at radius 3 is 2.50 bits per heavy atom. The highest BCUT2D eigenvalue weighted by Crippen LogP contribution is 2.21. The van der Waals surface area contributed by atoms with Crippen molar-refractivity contribution in [1.82, 2.24) is 5.32 Å². The van der Waals surface area contributed by atoms with Gasteiger partial charge in [-0.05, 0) is 63.4 Å². The van der Waals surface area contributed by atoms with Gasteiger partial charge in [0.25, 0.3) is 15.9 Å². The Bertz CT molecular complexity index is 949. The molecule has 1 aliphatic rings. The Morgan fingerprint density at radius 2 is 1.86 bits per heavy atom. The second kappa shape index (κ2) is 8.32. The van der Waals surface area contributed by atoms with Gasteiger partial charge in [0.2, 0.25) is 0 Å². The van der Waals surface area contributed by atoms with Crippen LogP contribution in [-0.4, -0.2) is 33.1 Å². The average Bonchev–Trinajstić information content (AvgIpc) is 3.18. The van der Waals surface area contributed by atoms with Gasteiger partial charge in [-0.25, -0.2) is 8.42 Å². The fourth-order valence-electron chi connectivity index (χ4n) is 3.22. The molecule has 2 aromatic carbocycles. The van der Waals surface area contributed by atoms with Gasteiger partial charge in [-0.1, -0.05) is 23.8 Å². The zero-order valence-electron chi connectivity index (χ0n) is 16.4. The number of ether oxygens (including phenoxy) is 1. The molecule has 1 fully saturated rings. The zero-order valence-corrected chi connectivity index (χ0v) is 17.2. The molecule has 0 spiro atoms. The number of hydrogen-bond acceptors (Lipinski definition) is 4. The first-order valence-electron chi connectivity index (χ1n) is 9.39. The summed E-state index contributed by atoms with van der Waals surface area (Å²) < 4.78 is 33.6. The maximum absolute atomic E-state index is 12.7. The van der Waals surface area contributed by atoms with E-state index in [1.807, 2.05) is 26.0 Å². The molecule has 1 heterocycles. The minimum Gasteiger partial charge on any atom is -0.376 e. The van der Waals surface area contributed by atoms with Crippen LogP contribution in [0, 0.1) is 13.8 Å². The highest BCUT2D eigenvalue weighted by Gasteiger charge is 2.25. The molecule has 2 atom stereocenters. The summed E-state index contributed by atoms with van der Waals surface area (Å²) in [4.78, 5) is 12.8. The molecule has 0 radical (unpaired) electrons. The van der Waals surface area contributed by atoms with E-state index in [0.717, 1.165) is 18.4 Å². The summed E-state index contributed by atoms with van der Waals surface area (Å²) in [6, 6.07) is 11.5. The molecule has 1 amide bonds. The molecule has 0 aliphatic carbocycles. The second-order valence-electron chi connectivity index (χ2n) is 7.26. The summed E-state index contributed by atoms with van der Waals surface area (Å²) >= 11 is 0. The van der Waals surface area contributed by atoms with E-state index in [2.05, 4.69) is 10.0 Å². The van der Waals surface area contributed by atoms with E-state index in [4.69, 9.17) is 4.74 Å². The normalized spacial score (nSPS) is 17.9. The molecule has 0 saturated carbocycles. The molecule has 7 heteroatoms. The summed E-state index contributed by atoms with van der Waals surface area (Å²) in [5, 5.41) is 2.93. The number of rotatable bonds is 6. The van der Waals surface area contributed by atoms with Gasteiger partial charge in [0.15, 0.2) is 0 Å². The Hall–Kier alpha value is -2.38. The van der Waals surface area contributed by atoms with Crippen LogP contribution in [0.3, 0.4) is 0 Å². The van der Waals surface area contributed by atoms with E-state index in [0.29, 0.717) is 23.4 Å². The third kappa shape index (κ3) is 4.72. The van der Waals surface area contributed by atoms with E-state index < -0.39 is 10.0 Å². The number of hydrogen-bond donors (Lipinski definition) is 2. The van der Waals surface area contributed by atoms with Gasteiger partial charge >= 0.3 is 0 Å². The molecular weight excluding hydrogens is 376 g/mol. The van der Waals surface area contributed by atoms with Gasteiger partial charge in [-0.15, -0.1) is 0 Å². The Labute approximate surface area is 166 Å². The van der Waals surface area contributed by atoms with Gasteiger partial charge in [0.1, 0.15) is 0 Å². The molecule has 28 heavy (non-hydrogen) atoms. The maximum atomic E-state index is 12.7. The largest absolute Gasteiger partial charge is 0.376 e. The molecule has 3 rings (SSSR count). The van der Waals surface area contributed by atoms with Crippen LogP contribution in [0.1, 0.15) is 41.3 Å². The third-order valence-electron chi connectivity index (χ3n) is 4.95. The lowest BCUT2D eigenvalue weighted by atomic mass is 10.1. The smallest absolute Gasteiger partial charge is 0.261 e. The van der Waals surface area contributed by atoms with Crippen molar-refractivity contribution in [2.24, 2.45) is 0 Å². The SMILES string of the molecule is Cc1ccc(NS(=O)(=O)c2ccc(C)c(C(=O)NC(C)C3CCCO3)c2)cc1. The molecule has 2 aromatic rings. The van der Waals surface area contributed by atoms with Crippen molar-refractivity contribution in [2.75, 3.05) is 11.3 Å². The van der Waals surface area contributed by atoms with Crippen molar-refractivity contribution in [1.29, 1.82) is 0 Å². The topological polar surface area (TPSA) is 84.5 Å². The Balaban J connectivity index is 1.79. The van der Waals surface area contributed by atoms with Gasteiger partial charge in [-0.3, -0.25) is 9.52 Å². The van der Waals surface area contributed by atoms with Crippen LogP contribution in [0.25, 0.3) is 0 Å². The first-order valence-corrected chi connectivity index (χ1v) is 10.9. The van der Waals surface area contributed by atoms with Gasteiger partial charge in [-0.2, -0.15) is 0 Å². The minimum absolute atomic E-state index is 0.000578. The Morgan fingerprint density at radius 1 is 1.14 bits per heavy atom. The number of aryl methyl sites for hydroxylation is 2. The van der Waals surface area contributed by atoms with E-state index in [1.165, 1.54) is 12.1 Å². The summed E-state index contributed by atoms with van der Waals surface area (Å²) in [6.07, 6.45) is 1.90. The van der Waals surface area contributed by atoms with Crippen LogP contribution in [0.5, 0.6) is 0 Å². The number of sulfonamides is 1. The van der Waals surface area contributed by atoms with Crippen LogP contribution < -0.4 is 10.0 Å². The van der Waals surface area contributed by atoms with E-state index >= 15 is 0 Å². The Kier molecular flexibility index (Phi) is 6.05. The van der Waals surface area contributed by atoms with Crippen molar-refractivity contribution in [3.05, 3.63) is 59.2 Å². The summed E-state index contributed by atoms with van der Waals surface area (Å²) in [6.45, 7) is 6.33. The summed E-state index contributed by atoms with van der Waals surface area (Å²) in [5.41, 5.74) is 2.57. The van der Waals surface area contributed by atoms with E-state index in [1.54, 1.807) is 25.1 Å². The molecule has 0 bridgehead atoms. The minimum atomic E-state index is -3.80. The zero-order chi connectivity index (χ0) is 20.3. The van der Waals surface area contributed by atoms with Crippen LogP contribution in [0.4, 0.5) is 5.69 Å². The lowest BCUT2D eigenvalue weighted by Gasteiger charge is -2.20. The molecular formula is C21H26N2O4S. The third-order valence-corrected chi connectivity index (χ3v) is 6.33. The highest BCUT2D eigenvalue weighted by atomic mass is 32.2. The molecule has 150 valence electrons. The standard InChI is InChI=1S/C21H26N2O4S/c1-14-6-9-17(10-7-14)23-28(25,26)18-11-8-15(2)19(13-18)21(24)22-16(3)20-5-4-12-27-20/h6-11,13,16,20,23H,4-5,12H2,1-3H3,(H,22,24). The van der Waals surface area contributed by atoms with E-state index in [9.17, 15) is 13.2 Å². The highest BCUT2D eigenvalue weighted by molar-refractivity contribution is 7.92. The predicted octanol–water partition coefficient (Wildman–Crippen LogP) is 3.40. The number of anilines is 1. The van der Waals surface area contributed by atoms with Crippen LogP contribution in [0.15, 0.2) is 47.4 Å². The second-order valence-corrected chi connectivity index (χ2v) is 8.94. The molecule has 6 nitrogen and oxygen atoms in total. The first kappa shape index (κ1) is 20.4. The van der Waals surface area contributed by atoms with Crippen LogP contribution >= 0.6 is 0 Å². The van der Waals surface area contributed by atoms with Crippen molar-refractivity contribution in [3.63, 3.8) is 0 Å². The van der Waals surface area contributed by atoms with Gasteiger partial charge < -0.3 is 10.1 Å². The van der Waals surface area contributed by atoms with Crippen LogP contribution in [0.2, 0.25) is 0 Å². The fourth-order valence-corrected chi connectivity index (χ4v) is 4.31. The number of nitrogens with one attached hydrogen (secondary N) is 2. The van der Waals surface area contributed by atoms with Crippen molar-refractivity contribution in [3.8, 4) is 0 Å². The number of carbonyl (C=O) groups is 1. The summed E-state index contributed by atoms with van der Waals surface area (Å²) in [7, 11) is -3.80. The quantitative estimate of drug-likeness (QED) is 0.776. The van der Waals surface area contributed by atoms with Crippen LogP contribution in [-0.2, 0) is 14.8 Å². The first-order chi connectivity index (χ1) is 13.3. The number of benzene rings is 2. The lowest BCUT2D eigenvalue weighted by Crippen LogP contribution is -2.41. The van der Waals surface area contributed by atoms with E-state index in [-0.39, 0.29) is 22.9 Å². The number of amides is 1. The maximum Gasteiger partial charge on any atom is 0.261 e. The van der Waals surface area contributed by atoms with Crippen molar-refractivity contribution >= 4 is 21.6 Å². The molecule has 2 unspecified atom stereocenters. The monoisotopic (exact) mass is 402 g/mol. The van der Waals surface area contributed by atoms with Crippen molar-refractivity contribution < 1.29 is 17.9 Å². The summed E-state index contributed by atoms with van der Waals surface area (Å²) in [5.74, 6) is -0.298. The molecule has 2 N–H and O–H groups in total. The van der Waals surface area contributed by atoms with Gasteiger partial charge in [0.05, 0.1) is 17.0 Å². The van der Waals surface area contributed by atoms with Gasteiger partial charge in [0, 0.05) is 17.9 Å². The molecule has 0 aromatic heterocycles. The molecule has 1 saturated heterocycles. The number of carbonyl (C=O) groups excluding carboxylic acids is 1. The van der Waals surface area contributed by atoms with Crippen molar-refractivity contribution in [2.45, 2.75) is 50.7 Å². The average molecular weight is 403 g/mol. The lowest BCUT2D eigenvalue weighted by molar-refractivity contribution is 0.0712. The predicted molar refractivity (Wildman–Crippen MR) is 109 cm³/mol. The molecule has 1 aliphatic heterocycles. The fraction of sp³-hybridized carbons (Fsp3) is 0.381.